The van der Waals surface area contributed by atoms with E-state index in [9.17, 15) is 23.5 Å². The Bertz CT molecular complexity index is 1130. The topological polar surface area (TPSA) is 62.5 Å². The summed E-state index contributed by atoms with van der Waals surface area (Å²) in [5.41, 5.74) is -0.936. The van der Waals surface area contributed by atoms with Gasteiger partial charge in [0, 0.05) is 30.4 Å². The average molecular weight is 390 g/mol. The lowest BCUT2D eigenvalue weighted by molar-refractivity contribution is 0.0988. The maximum absolute atomic E-state index is 14.0. The number of pyridine rings is 1. The Morgan fingerprint density at radius 1 is 1.19 bits per heavy atom. The highest BCUT2D eigenvalue weighted by Crippen LogP contribution is 2.31. The molecule has 0 spiro atoms. The second-order valence-electron chi connectivity index (χ2n) is 5.93. The zero-order chi connectivity index (χ0) is 19.9. The van der Waals surface area contributed by atoms with E-state index in [0.29, 0.717) is 17.0 Å². The Kier molecular flexibility index (Phi) is 4.93. The molecule has 3 rings (SSSR count). The highest BCUT2D eigenvalue weighted by Gasteiger charge is 2.26. The van der Waals surface area contributed by atoms with Crippen LogP contribution in [-0.2, 0) is 7.05 Å². The number of rotatable bonds is 3. The third-order valence-corrected chi connectivity index (χ3v) is 5.09. The molecule has 1 N–H and O–H groups in total. The summed E-state index contributed by atoms with van der Waals surface area (Å²) >= 11 is 1.44. The number of nitrogens with zero attached hydrogens (tertiary/aromatic N) is 2. The van der Waals surface area contributed by atoms with E-state index in [-0.39, 0.29) is 5.69 Å². The maximum Gasteiger partial charge on any atom is 0.267 e. The summed E-state index contributed by atoms with van der Waals surface area (Å²) in [6.07, 6.45) is 1.86. The number of aryl methyl sites for hydroxylation is 1. The van der Waals surface area contributed by atoms with Crippen LogP contribution in [0.3, 0.4) is 0 Å². The maximum atomic E-state index is 14.0. The molecule has 0 bridgehead atoms. The largest absolute Gasteiger partial charge is 0.506 e. The molecule has 5 nitrogen and oxygen atoms in total. The first-order chi connectivity index (χ1) is 12.8. The second-order valence-corrected chi connectivity index (χ2v) is 6.81. The normalized spacial score (nSPS) is 11.0. The minimum absolute atomic E-state index is 0.208. The fourth-order valence-electron chi connectivity index (χ4n) is 2.86. The van der Waals surface area contributed by atoms with E-state index >= 15 is 0 Å². The Morgan fingerprint density at radius 3 is 2.52 bits per heavy atom. The molecule has 1 heterocycles. The summed E-state index contributed by atoms with van der Waals surface area (Å²) in [5, 5.41) is 11.0. The van der Waals surface area contributed by atoms with Crippen LogP contribution in [0.15, 0.2) is 46.1 Å². The summed E-state index contributed by atoms with van der Waals surface area (Å²) in [6.45, 7) is 0. The zero-order valence-corrected chi connectivity index (χ0v) is 15.6. The predicted molar refractivity (Wildman–Crippen MR) is 102 cm³/mol. The Labute approximate surface area is 157 Å². The van der Waals surface area contributed by atoms with E-state index in [2.05, 4.69) is 0 Å². The van der Waals surface area contributed by atoms with E-state index in [1.54, 1.807) is 18.2 Å². The van der Waals surface area contributed by atoms with E-state index in [1.807, 2.05) is 6.26 Å². The molecule has 0 radical (unpaired) electrons. The number of anilines is 1. The number of thioether (sulfide) groups is 1. The summed E-state index contributed by atoms with van der Waals surface area (Å²) in [4.78, 5) is 27.2. The van der Waals surface area contributed by atoms with Crippen molar-refractivity contribution in [2.45, 2.75) is 4.90 Å². The fourth-order valence-corrected chi connectivity index (χ4v) is 3.30. The molecule has 1 aromatic heterocycles. The lowest BCUT2D eigenvalue weighted by Crippen LogP contribution is -2.34. The van der Waals surface area contributed by atoms with Gasteiger partial charge < -0.3 is 14.6 Å². The standard InChI is InChI=1S/C19H16F2N2O3S/c1-22-14-7-5-11(27-3)9-12(14)17(24)16(18(22)25)19(26)23(2)15-6-4-10(20)8-13(15)21/h4-9,24H,1-3H3. The minimum atomic E-state index is -0.951. The van der Waals surface area contributed by atoms with Gasteiger partial charge in [0.15, 0.2) is 0 Å². The molecular formula is C19H16F2N2O3S. The number of aromatic hydroxyl groups is 1. The molecule has 27 heavy (non-hydrogen) atoms. The first kappa shape index (κ1) is 18.9. The lowest BCUT2D eigenvalue weighted by atomic mass is 10.1. The van der Waals surface area contributed by atoms with Gasteiger partial charge in [0.25, 0.3) is 11.5 Å². The average Bonchev–Trinajstić information content (AvgIpc) is 2.65. The number of benzene rings is 2. The van der Waals surface area contributed by atoms with Gasteiger partial charge in [-0.2, -0.15) is 0 Å². The van der Waals surface area contributed by atoms with E-state index in [4.69, 9.17) is 0 Å². The molecule has 2 aromatic carbocycles. The SMILES string of the molecule is CSc1ccc2c(c1)c(O)c(C(=O)N(C)c1ccc(F)cc1F)c(=O)n2C. The van der Waals surface area contributed by atoms with Crippen molar-refractivity contribution < 1.29 is 18.7 Å². The summed E-state index contributed by atoms with van der Waals surface area (Å²) in [6, 6.07) is 7.89. The zero-order valence-electron chi connectivity index (χ0n) is 14.8. The van der Waals surface area contributed by atoms with Gasteiger partial charge in [0.1, 0.15) is 22.9 Å². The number of hydrogen-bond acceptors (Lipinski definition) is 4. The molecule has 0 aliphatic heterocycles. The third kappa shape index (κ3) is 3.16. The van der Waals surface area contributed by atoms with Gasteiger partial charge in [-0.15, -0.1) is 11.8 Å². The van der Waals surface area contributed by atoms with Crippen molar-refractivity contribution in [1.29, 1.82) is 0 Å². The van der Waals surface area contributed by atoms with Crippen molar-refractivity contribution in [3.8, 4) is 5.75 Å². The van der Waals surface area contributed by atoms with Crippen molar-refractivity contribution in [2.24, 2.45) is 7.05 Å². The van der Waals surface area contributed by atoms with Crippen LogP contribution in [0, 0.1) is 11.6 Å². The molecule has 0 unspecified atom stereocenters. The molecular weight excluding hydrogens is 374 g/mol. The molecule has 1 amide bonds. The number of halogens is 2. The van der Waals surface area contributed by atoms with Crippen LogP contribution in [0.4, 0.5) is 14.5 Å². The summed E-state index contributed by atoms with van der Waals surface area (Å²) < 4.78 is 28.4. The number of carbonyl (C=O) groups is 1. The van der Waals surface area contributed by atoms with Crippen LogP contribution in [0.2, 0.25) is 0 Å². The van der Waals surface area contributed by atoms with E-state index in [1.165, 1.54) is 30.4 Å². The van der Waals surface area contributed by atoms with Crippen molar-refractivity contribution in [3.05, 3.63) is 63.9 Å². The Hall–Kier alpha value is -2.87. The van der Waals surface area contributed by atoms with Crippen LogP contribution in [0.5, 0.6) is 5.75 Å². The molecule has 140 valence electrons. The monoisotopic (exact) mass is 390 g/mol. The van der Waals surface area contributed by atoms with Gasteiger partial charge in [-0.05, 0) is 36.6 Å². The number of hydrogen-bond donors (Lipinski definition) is 1. The van der Waals surface area contributed by atoms with Crippen LogP contribution >= 0.6 is 11.8 Å². The van der Waals surface area contributed by atoms with Gasteiger partial charge in [-0.3, -0.25) is 9.59 Å². The first-order valence-electron chi connectivity index (χ1n) is 7.89. The van der Waals surface area contributed by atoms with Gasteiger partial charge in [0.2, 0.25) is 0 Å². The van der Waals surface area contributed by atoms with Gasteiger partial charge in [-0.1, -0.05) is 0 Å². The van der Waals surface area contributed by atoms with Crippen molar-refractivity contribution in [1.82, 2.24) is 4.57 Å². The third-order valence-electron chi connectivity index (χ3n) is 4.37. The molecule has 3 aromatic rings. The van der Waals surface area contributed by atoms with Crippen LogP contribution in [-0.4, -0.2) is 28.9 Å². The molecule has 0 saturated carbocycles. The van der Waals surface area contributed by atoms with Crippen molar-refractivity contribution >= 4 is 34.3 Å². The van der Waals surface area contributed by atoms with Crippen molar-refractivity contribution in [3.63, 3.8) is 0 Å². The number of aromatic nitrogens is 1. The van der Waals surface area contributed by atoms with Gasteiger partial charge in [0.05, 0.1) is 11.2 Å². The molecule has 0 saturated heterocycles. The molecule has 0 aliphatic carbocycles. The van der Waals surface area contributed by atoms with Gasteiger partial charge >= 0.3 is 0 Å². The van der Waals surface area contributed by atoms with Crippen molar-refractivity contribution in [2.75, 3.05) is 18.2 Å². The molecule has 8 heteroatoms. The Balaban J connectivity index is 2.20. The summed E-state index contributed by atoms with van der Waals surface area (Å²) in [7, 11) is 2.73. The molecule has 0 aliphatic rings. The van der Waals surface area contributed by atoms with Crippen LogP contribution < -0.4 is 10.5 Å². The quantitative estimate of drug-likeness (QED) is 0.695. The fraction of sp³-hybridized carbons (Fsp3) is 0.158. The van der Waals surface area contributed by atoms with E-state index in [0.717, 1.165) is 21.9 Å². The van der Waals surface area contributed by atoms with E-state index < -0.39 is 34.4 Å². The smallest absolute Gasteiger partial charge is 0.267 e. The predicted octanol–water partition coefficient (Wildman–Crippen LogP) is 3.52. The number of amides is 1. The minimum Gasteiger partial charge on any atom is -0.506 e. The number of fused-ring (bicyclic) bond motifs is 1. The number of carbonyl (C=O) groups excluding carboxylic acids is 1. The highest BCUT2D eigenvalue weighted by molar-refractivity contribution is 7.98. The van der Waals surface area contributed by atoms with Crippen LogP contribution in [0.1, 0.15) is 10.4 Å². The first-order valence-corrected chi connectivity index (χ1v) is 9.11. The molecule has 0 fully saturated rings. The Morgan fingerprint density at radius 2 is 1.89 bits per heavy atom. The highest BCUT2D eigenvalue weighted by atomic mass is 32.2. The summed E-state index contributed by atoms with van der Waals surface area (Å²) in [5.74, 6) is -3.10. The van der Waals surface area contributed by atoms with Gasteiger partial charge in [-0.25, -0.2) is 8.78 Å². The second kappa shape index (κ2) is 7.03. The lowest BCUT2D eigenvalue weighted by Gasteiger charge is -2.19. The van der Waals surface area contributed by atoms with Crippen LogP contribution in [0.25, 0.3) is 10.9 Å². The molecule has 0 atom stereocenters.